The fraction of sp³-hybridized carbons (Fsp3) is 0.286. The first-order valence-electron chi connectivity index (χ1n) is 9.22. The Labute approximate surface area is 174 Å². The second-order valence-corrected chi connectivity index (χ2v) is 6.12. The summed E-state index contributed by atoms with van der Waals surface area (Å²) in [5.74, 6) is 0.0471. The van der Waals surface area contributed by atoms with E-state index in [-0.39, 0.29) is 30.9 Å². The Kier molecular flexibility index (Phi) is 9.14. The van der Waals surface area contributed by atoms with Gasteiger partial charge in [-0.15, -0.1) is 0 Å². The largest absolute Gasteiger partial charge is 0.497 e. The minimum absolute atomic E-state index is 0.134. The maximum atomic E-state index is 12.1. The van der Waals surface area contributed by atoms with Crippen molar-refractivity contribution in [2.75, 3.05) is 45.8 Å². The second-order valence-electron chi connectivity index (χ2n) is 6.12. The van der Waals surface area contributed by atoms with Gasteiger partial charge in [0.2, 0.25) is 5.91 Å². The molecular formula is C21H25N3O6. The lowest BCUT2D eigenvalue weighted by molar-refractivity contribution is -0.120. The van der Waals surface area contributed by atoms with E-state index in [4.69, 9.17) is 14.2 Å². The van der Waals surface area contributed by atoms with Crippen LogP contribution in [0.25, 0.3) is 0 Å². The first-order chi connectivity index (χ1) is 14.5. The van der Waals surface area contributed by atoms with Crippen molar-refractivity contribution < 1.29 is 28.6 Å². The van der Waals surface area contributed by atoms with Crippen LogP contribution in [-0.2, 0) is 14.3 Å². The lowest BCUT2D eigenvalue weighted by atomic mass is 10.2. The van der Waals surface area contributed by atoms with Crippen molar-refractivity contribution in [1.29, 1.82) is 0 Å². The number of hydrogen-bond donors (Lipinski definition) is 3. The molecule has 9 nitrogen and oxygen atoms in total. The van der Waals surface area contributed by atoms with Crippen molar-refractivity contribution >= 4 is 23.4 Å². The minimum atomic E-state index is -0.390. The normalized spacial score (nSPS) is 10.1. The van der Waals surface area contributed by atoms with E-state index in [0.29, 0.717) is 35.9 Å². The number of rotatable bonds is 11. The summed E-state index contributed by atoms with van der Waals surface area (Å²) in [6.45, 7) is 0.455. The van der Waals surface area contributed by atoms with E-state index in [1.165, 1.54) is 7.11 Å². The molecule has 0 aliphatic carbocycles. The van der Waals surface area contributed by atoms with Crippen molar-refractivity contribution in [3.05, 3.63) is 54.1 Å². The van der Waals surface area contributed by atoms with Crippen LogP contribution in [0.3, 0.4) is 0 Å². The van der Waals surface area contributed by atoms with Gasteiger partial charge in [-0.25, -0.2) is 0 Å². The van der Waals surface area contributed by atoms with Gasteiger partial charge in [-0.2, -0.15) is 0 Å². The average molecular weight is 415 g/mol. The first kappa shape index (κ1) is 22.7. The predicted octanol–water partition coefficient (Wildman–Crippen LogP) is 1.21. The quantitative estimate of drug-likeness (QED) is 0.475. The fourth-order valence-corrected chi connectivity index (χ4v) is 2.37. The summed E-state index contributed by atoms with van der Waals surface area (Å²) in [5, 5.41) is 7.84. The Morgan fingerprint density at radius 3 is 2.37 bits per heavy atom. The topological polar surface area (TPSA) is 115 Å². The Bertz CT molecular complexity index is 854. The zero-order valence-electron chi connectivity index (χ0n) is 16.9. The minimum Gasteiger partial charge on any atom is -0.497 e. The molecule has 30 heavy (non-hydrogen) atoms. The van der Waals surface area contributed by atoms with Crippen molar-refractivity contribution in [2.24, 2.45) is 0 Å². The van der Waals surface area contributed by atoms with E-state index in [2.05, 4.69) is 16.0 Å². The molecule has 2 aromatic rings. The molecule has 0 spiro atoms. The Morgan fingerprint density at radius 1 is 0.900 bits per heavy atom. The molecule has 0 unspecified atom stereocenters. The molecule has 2 aromatic carbocycles. The monoisotopic (exact) mass is 415 g/mol. The van der Waals surface area contributed by atoms with Crippen molar-refractivity contribution in [3.8, 4) is 11.5 Å². The van der Waals surface area contributed by atoms with Gasteiger partial charge < -0.3 is 30.2 Å². The summed E-state index contributed by atoms with van der Waals surface area (Å²) in [5.41, 5.74) is 0.967. The SMILES string of the molecule is COCCNC(=O)CNC(=O)c1ccc(OCC(=O)Nc2cccc(OC)c2)cc1. The summed E-state index contributed by atoms with van der Waals surface area (Å²) < 4.78 is 15.4. The number of carbonyl (C=O) groups is 3. The summed E-state index contributed by atoms with van der Waals surface area (Å²) >= 11 is 0. The van der Waals surface area contributed by atoms with Crippen LogP contribution in [0, 0.1) is 0 Å². The standard InChI is InChI=1S/C21H25N3O6/c1-28-11-10-22-19(25)13-23-21(27)15-6-8-17(9-7-15)30-14-20(26)24-16-4-3-5-18(12-16)29-2/h3-9,12H,10-11,13-14H2,1-2H3,(H,22,25)(H,23,27)(H,24,26). The van der Waals surface area contributed by atoms with Crippen LogP contribution in [-0.4, -0.2) is 58.2 Å². The summed E-state index contributed by atoms with van der Waals surface area (Å²) in [4.78, 5) is 35.7. The molecule has 0 aliphatic rings. The lowest BCUT2D eigenvalue weighted by Gasteiger charge is -2.09. The van der Waals surface area contributed by atoms with Gasteiger partial charge in [-0.1, -0.05) is 6.07 Å². The maximum Gasteiger partial charge on any atom is 0.262 e. The van der Waals surface area contributed by atoms with Crippen molar-refractivity contribution in [1.82, 2.24) is 10.6 Å². The first-order valence-corrected chi connectivity index (χ1v) is 9.22. The fourth-order valence-electron chi connectivity index (χ4n) is 2.37. The molecule has 0 radical (unpaired) electrons. The third kappa shape index (κ3) is 7.80. The third-order valence-electron chi connectivity index (χ3n) is 3.88. The Morgan fingerprint density at radius 2 is 1.67 bits per heavy atom. The molecule has 0 aromatic heterocycles. The summed E-state index contributed by atoms with van der Waals surface area (Å²) in [7, 11) is 3.08. The molecule has 0 fully saturated rings. The van der Waals surface area contributed by atoms with Gasteiger partial charge in [0.05, 0.1) is 20.3 Å². The highest BCUT2D eigenvalue weighted by Gasteiger charge is 2.09. The molecule has 3 amide bonds. The van der Waals surface area contributed by atoms with Crippen LogP contribution in [0.2, 0.25) is 0 Å². The van der Waals surface area contributed by atoms with E-state index in [0.717, 1.165) is 0 Å². The van der Waals surface area contributed by atoms with Gasteiger partial charge in [0, 0.05) is 31.0 Å². The van der Waals surface area contributed by atoms with Gasteiger partial charge >= 0.3 is 0 Å². The highest BCUT2D eigenvalue weighted by Crippen LogP contribution is 2.17. The molecular weight excluding hydrogens is 390 g/mol. The Hall–Kier alpha value is -3.59. The van der Waals surface area contributed by atoms with Crippen LogP contribution in [0.5, 0.6) is 11.5 Å². The van der Waals surface area contributed by atoms with Gasteiger partial charge in [0.25, 0.3) is 11.8 Å². The van der Waals surface area contributed by atoms with Gasteiger partial charge in [-0.3, -0.25) is 14.4 Å². The van der Waals surface area contributed by atoms with E-state index in [1.807, 2.05) is 0 Å². The van der Waals surface area contributed by atoms with Crippen LogP contribution in [0.15, 0.2) is 48.5 Å². The molecule has 160 valence electrons. The molecule has 9 heteroatoms. The van der Waals surface area contributed by atoms with Crippen LogP contribution in [0.4, 0.5) is 5.69 Å². The lowest BCUT2D eigenvalue weighted by Crippen LogP contribution is -2.38. The average Bonchev–Trinajstić information content (AvgIpc) is 2.76. The molecule has 2 rings (SSSR count). The molecule has 0 bridgehead atoms. The third-order valence-corrected chi connectivity index (χ3v) is 3.88. The van der Waals surface area contributed by atoms with E-state index in [1.54, 1.807) is 55.6 Å². The van der Waals surface area contributed by atoms with E-state index in [9.17, 15) is 14.4 Å². The smallest absolute Gasteiger partial charge is 0.262 e. The van der Waals surface area contributed by atoms with E-state index < -0.39 is 0 Å². The highest BCUT2D eigenvalue weighted by molar-refractivity contribution is 5.96. The zero-order chi connectivity index (χ0) is 21.8. The van der Waals surface area contributed by atoms with Crippen LogP contribution < -0.4 is 25.4 Å². The van der Waals surface area contributed by atoms with Gasteiger partial charge in [0.1, 0.15) is 11.5 Å². The van der Waals surface area contributed by atoms with Crippen molar-refractivity contribution in [2.45, 2.75) is 0 Å². The molecule has 0 aliphatic heterocycles. The number of benzene rings is 2. The molecule has 0 atom stereocenters. The van der Waals surface area contributed by atoms with Gasteiger partial charge in [-0.05, 0) is 36.4 Å². The summed E-state index contributed by atoms with van der Waals surface area (Å²) in [6, 6.07) is 13.2. The Balaban J connectivity index is 1.76. The molecule has 0 saturated heterocycles. The number of hydrogen-bond acceptors (Lipinski definition) is 6. The van der Waals surface area contributed by atoms with Crippen LogP contribution >= 0.6 is 0 Å². The number of anilines is 1. The van der Waals surface area contributed by atoms with E-state index >= 15 is 0 Å². The number of amides is 3. The maximum absolute atomic E-state index is 12.1. The highest BCUT2D eigenvalue weighted by atomic mass is 16.5. The van der Waals surface area contributed by atoms with Crippen molar-refractivity contribution in [3.63, 3.8) is 0 Å². The number of carbonyl (C=O) groups excluding carboxylic acids is 3. The molecule has 0 heterocycles. The predicted molar refractivity (Wildman–Crippen MR) is 111 cm³/mol. The number of ether oxygens (including phenoxy) is 3. The van der Waals surface area contributed by atoms with Gasteiger partial charge in [0.15, 0.2) is 6.61 Å². The number of nitrogens with one attached hydrogen (secondary N) is 3. The second kappa shape index (κ2) is 12.1. The number of methoxy groups -OCH3 is 2. The zero-order valence-corrected chi connectivity index (χ0v) is 16.9. The molecule has 3 N–H and O–H groups in total. The van der Waals surface area contributed by atoms with Crippen LogP contribution in [0.1, 0.15) is 10.4 Å². The summed E-state index contributed by atoms with van der Waals surface area (Å²) in [6.07, 6.45) is 0. The molecule has 0 saturated carbocycles.